The number of nitrogens with one attached hydrogen (secondary N) is 1. The lowest BCUT2D eigenvalue weighted by Crippen LogP contribution is -2.40. The van der Waals surface area contributed by atoms with Crippen molar-refractivity contribution >= 4 is 11.6 Å². The molecular weight excluding hydrogens is 334 g/mol. The van der Waals surface area contributed by atoms with Gasteiger partial charge in [-0.2, -0.15) is 5.10 Å². The topological polar surface area (TPSA) is 94.5 Å². The Labute approximate surface area is 150 Å². The van der Waals surface area contributed by atoms with E-state index in [0.29, 0.717) is 31.0 Å². The number of amides is 1. The summed E-state index contributed by atoms with van der Waals surface area (Å²) in [4.78, 5) is 17.1. The van der Waals surface area contributed by atoms with Crippen molar-refractivity contribution in [2.75, 3.05) is 13.2 Å². The molecule has 0 radical (unpaired) electrons. The predicted octanol–water partition coefficient (Wildman–Crippen LogP) is 1.63. The van der Waals surface area contributed by atoms with Crippen LogP contribution in [0.3, 0.4) is 0 Å². The van der Waals surface area contributed by atoms with Gasteiger partial charge in [-0.05, 0) is 26.8 Å². The van der Waals surface area contributed by atoms with Crippen LogP contribution in [-0.4, -0.2) is 44.9 Å². The SMILES string of the molecule is Cc1cc(C[C@@H]2COC[C@@H]2NC(=O)c2cc3nc(C)cc(C)n3n2)on1. The summed E-state index contributed by atoms with van der Waals surface area (Å²) in [6, 6.07) is 5.46. The lowest BCUT2D eigenvalue weighted by atomic mass is 9.98. The van der Waals surface area contributed by atoms with E-state index in [9.17, 15) is 4.79 Å². The number of carbonyl (C=O) groups excluding carboxylic acids is 1. The Morgan fingerprint density at radius 1 is 1.23 bits per heavy atom. The van der Waals surface area contributed by atoms with Gasteiger partial charge in [0, 0.05) is 35.9 Å². The zero-order valence-electron chi connectivity index (χ0n) is 15.0. The number of nitrogens with zero attached hydrogens (tertiary/aromatic N) is 4. The molecule has 0 aliphatic carbocycles. The van der Waals surface area contributed by atoms with Crippen LogP contribution in [0.2, 0.25) is 0 Å². The van der Waals surface area contributed by atoms with E-state index in [0.717, 1.165) is 22.8 Å². The van der Waals surface area contributed by atoms with Crippen LogP contribution >= 0.6 is 0 Å². The molecule has 1 aliphatic rings. The summed E-state index contributed by atoms with van der Waals surface area (Å²) >= 11 is 0. The van der Waals surface area contributed by atoms with Crippen LogP contribution in [0.25, 0.3) is 5.65 Å². The maximum atomic E-state index is 12.7. The number of aromatic nitrogens is 4. The average Bonchev–Trinajstić information content (AvgIpc) is 3.29. The van der Waals surface area contributed by atoms with Gasteiger partial charge in [-0.3, -0.25) is 4.79 Å². The minimum atomic E-state index is -0.221. The first-order valence-electron chi connectivity index (χ1n) is 8.64. The van der Waals surface area contributed by atoms with Crippen molar-refractivity contribution in [3.8, 4) is 0 Å². The lowest BCUT2D eigenvalue weighted by molar-refractivity contribution is 0.0919. The Morgan fingerprint density at radius 3 is 2.85 bits per heavy atom. The number of hydrogen-bond donors (Lipinski definition) is 1. The number of hydrogen-bond acceptors (Lipinski definition) is 6. The highest BCUT2D eigenvalue weighted by Gasteiger charge is 2.31. The van der Waals surface area contributed by atoms with Crippen molar-refractivity contribution in [1.82, 2.24) is 25.1 Å². The summed E-state index contributed by atoms with van der Waals surface area (Å²) in [7, 11) is 0. The summed E-state index contributed by atoms with van der Waals surface area (Å²) in [5, 5.41) is 11.3. The van der Waals surface area contributed by atoms with Gasteiger partial charge < -0.3 is 14.6 Å². The van der Waals surface area contributed by atoms with Gasteiger partial charge in [-0.25, -0.2) is 9.50 Å². The van der Waals surface area contributed by atoms with Crippen LogP contribution in [0, 0.1) is 26.7 Å². The van der Waals surface area contributed by atoms with E-state index in [1.165, 1.54) is 0 Å². The van der Waals surface area contributed by atoms with Crippen LogP contribution in [-0.2, 0) is 11.2 Å². The molecule has 0 aromatic carbocycles. The monoisotopic (exact) mass is 355 g/mol. The number of carbonyl (C=O) groups is 1. The molecule has 3 aromatic heterocycles. The van der Waals surface area contributed by atoms with Gasteiger partial charge in [-0.15, -0.1) is 0 Å². The highest BCUT2D eigenvalue weighted by molar-refractivity contribution is 5.93. The third-order valence-corrected chi connectivity index (χ3v) is 4.62. The van der Waals surface area contributed by atoms with E-state index in [4.69, 9.17) is 9.26 Å². The van der Waals surface area contributed by atoms with Crippen molar-refractivity contribution in [3.63, 3.8) is 0 Å². The second-order valence-corrected chi connectivity index (χ2v) is 6.85. The minimum Gasteiger partial charge on any atom is -0.379 e. The van der Waals surface area contributed by atoms with E-state index in [2.05, 4.69) is 20.6 Å². The van der Waals surface area contributed by atoms with E-state index >= 15 is 0 Å². The first-order chi connectivity index (χ1) is 12.5. The van der Waals surface area contributed by atoms with Gasteiger partial charge in [-0.1, -0.05) is 5.16 Å². The summed E-state index contributed by atoms with van der Waals surface area (Å²) < 4.78 is 12.5. The van der Waals surface area contributed by atoms with Crippen LogP contribution in [0.15, 0.2) is 22.7 Å². The minimum absolute atomic E-state index is 0.0893. The maximum Gasteiger partial charge on any atom is 0.272 e. The first kappa shape index (κ1) is 16.7. The fourth-order valence-corrected chi connectivity index (χ4v) is 3.37. The first-order valence-corrected chi connectivity index (χ1v) is 8.64. The molecule has 2 atom stereocenters. The van der Waals surface area contributed by atoms with Crippen molar-refractivity contribution in [2.24, 2.45) is 5.92 Å². The molecule has 1 saturated heterocycles. The molecule has 136 valence electrons. The van der Waals surface area contributed by atoms with Gasteiger partial charge in [0.1, 0.15) is 5.76 Å². The van der Waals surface area contributed by atoms with Gasteiger partial charge in [0.15, 0.2) is 11.3 Å². The summed E-state index contributed by atoms with van der Waals surface area (Å²) in [5.41, 5.74) is 3.71. The third-order valence-electron chi connectivity index (χ3n) is 4.62. The quantitative estimate of drug-likeness (QED) is 0.764. The van der Waals surface area contributed by atoms with Crippen LogP contribution in [0.4, 0.5) is 0 Å². The molecule has 0 saturated carbocycles. The van der Waals surface area contributed by atoms with Crippen LogP contribution in [0.1, 0.15) is 33.3 Å². The molecule has 1 amide bonds. The average molecular weight is 355 g/mol. The molecule has 3 aromatic rings. The number of rotatable bonds is 4. The van der Waals surface area contributed by atoms with E-state index in [1.807, 2.05) is 32.9 Å². The second-order valence-electron chi connectivity index (χ2n) is 6.85. The standard InChI is InChI=1S/C18H21N5O3/c1-10-4-12(3)23-17(19-10)7-15(21-23)18(24)20-16-9-25-8-13(16)6-14-5-11(2)22-26-14/h4-5,7,13,16H,6,8-9H2,1-3H3,(H,20,24)/t13-,16+/m1/s1. The Bertz CT molecular complexity index is 961. The lowest BCUT2D eigenvalue weighted by Gasteiger charge is -2.17. The van der Waals surface area contributed by atoms with Gasteiger partial charge in [0.05, 0.1) is 24.9 Å². The molecule has 8 heteroatoms. The molecular formula is C18H21N5O3. The van der Waals surface area contributed by atoms with E-state index in [-0.39, 0.29) is 17.9 Å². The second kappa shape index (κ2) is 6.53. The Hall–Kier alpha value is -2.74. The highest BCUT2D eigenvalue weighted by atomic mass is 16.5. The third kappa shape index (κ3) is 3.20. The normalized spacial score (nSPS) is 20.0. The van der Waals surface area contributed by atoms with Crippen molar-refractivity contribution in [1.29, 1.82) is 0 Å². The molecule has 1 aliphatic heterocycles. The van der Waals surface area contributed by atoms with Crippen molar-refractivity contribution < 1.29 is 14.1 Å². The molecule has 26 heavy (non-hydrogen) atoms. The number of aryl methyl sites for hydroxylation is 3. The van der Waals surface area contributed by atoms with Crippen molar-refractivity contribution in [3.05, 3.63) is 46.7 Å². The summed E-state index contributed by atoms with van der Waals surface area (Å²) in [5.74, 6) is 0.729. The molecule has 0 bridgehead atoms. The van der Waals surface area contributed by atoms with Crippen LogP contribution < -0.4 is 5.32 Å². The largest absolute Gasteiger partial charge is 0.379 e. The summed E-state index contributed by atoms with van der Waals surface area (Å²) in [6.45, 7) is 6.81. The maximum absolute atomic E-state index is 12.7. The molecule has 1 fully saturated rings. The molecule has 8 nitrogen and oxygen atoms in total. The highest BCUT2D eigenvalue weighted by Crippen LogP contribution is 2.20. The van der Waals surface area contributed by atoms with Gasteiger partial charge in [0.25, 0.3) is 5.91 Å². The molecule has 0 spiro atoms. The molecule has 0 unspecified atom stereocenters. The Morgan fingerprint density at radius 2 is 2.08 bits per heavy atom. The smallest absolute Gasteiger partial charge is 0.272 e. The fraction of sp³-hybridized carbons (Fsp3) is 0.444. The zero-order valence-corrected chi connectivity index (χ0v) is 15.0. The Balaban J connectivity index is 1.49. The van der Waals surface area contributed by atoms with Gasteiger partial charge in [0.2, 0.25) is 0 Å². The van der Waals surface area contributed by atoms with Crippen LogP contribution in [0.5, 0.6) is 0 Å². The van der Waals surface area contributed by atoms with E-state index < -0.39 is 0 Å². The zero-order chi connectivity index (χ0) is 18.3. The van der Waals surface area contributed by atoms with Crippen molar-refractivity contribution in [2.45, 2.75) is 33.2 Å². The van der Waals surface area contributed by atoms with E-state index in [1.54, 1.807) is 10.6 Å². The summed E-state index contributed by atoms with van der Waals surface area (Å²) in [6.07, 6.45) is 0.677. The Kier molecular flexibility index (Phi) is 4.20. The molecule has 1 N–H and O–H groups in total. The fourth-order valence-electron chi connectivity index (χ4n) is 3.37. The molecule has 4 heterocycles. The molecule has 4 rings (SSSR count). The number of fused-ring (bicyclic) bond motifs is 1. The van der Waals surface area contributed by atoms with Gasteiger partial charge >= 0.3 is 0 Å². The number of ether oxygens (including phenoxy) is 1. The predicted molar refractivity (Wildman–Crippen MR) is 93.0 cm³/mol.